The van der Waals surface area contributed by atoms with Crippen molar-refractivity contribution < 1.29 is 9.59 Å². The van der Waals surface area contributed by atoms with Crippen LogP contribution in [-0.4, -0.2) is 42.9 Å². The van der Waals surface area contributed by atoms with Gasteiger partial charge in [-0.3, -0.25) is 9.59 Å². The summed E-state index contributed by atoms with van der Waals surface area (Å²) in [4.78, 5) is 25.6. The van der Waals surface area contributed by atoms with E-state index in [0.717, 1.165) is 19.3 Å². The second kappa shape index (κ2) is 6.18. The average Bonchev–Trinajstić information content (AvgIpc) is 2.77. The zero-order valence-electron chi connectivity index (χ0n) is 11.7. The Morgan fingerprint density at radius 2 is 2.17 bits per heavy atom. The highest BCUT2D eigenvalue weighted by Gasteiger charge is 2.42. The van der Waals surface area contributed by atoms with Crippen LogP contribution in [0.1, 0.15) is 39.5 Å². The predicted octanol–water partition coefficient (Wildman–Crippen LogP) is 0.489. The van der Waals surface area contributed by atoms with E-state index >= 15 is 0 Å². The highest BCUT2D eigenvalue weighted by atomic mass is 16.2. The van der Waals surface area contributed by atoms with Gasteiger partial charge in [-0.05, 0) is 19.8 Å². The summed E-state index contributed by atoms with van der Waals surface area (Å²) in [7, 11) is 1.63. The first-order valence-corrected chi connectivity index (χ1v) is 6.71. The number of nitrogens with zero attached hydrogens (tertiary/aromatic N) is 1. The van der Waals surface area contributed by atoms with Gasteiger partial charge in [-0.15, -0.1) is 0 Å². The Morgan fingerprint density at radius 1 is 1.50 bits per heavy atom. The number of amides is 2. The molecule has 0 radical (unpaired) electrons. The lowest BCUT2D eigenvalue weighted by molar-refractivity contribution is -0.133. The molecule has 5 nitrogen and oxygen atoms in total. The maximum Gasteiger partial charge on any atom is 0.239 e. The number of carbonyl (C=O) groups is 2. The van der Waals surface area contributed by atoms with Gasteiger partial charge in [-0.25, -0.2) is 0 Å². The first kappa shape index (κ1) is 15.0. The number of carbonyl (C=O) groups excluding carboxylic acids is 2. The van der Waals surface area contributed by atoms with Crippen LogP contribution in [0.25, 0.3) is 0 Å². The number of rotatable bonds is 5. The quantitative estimate of drug-likeness (QED) is 0.750. The lowest BCUT2D eigenvalue weighted by atomic mass is 9.89. The van der Waals surface area contributed by atoms with Crippen molar-refractivity contribution in [2.45, 2.75) is 45.6 Å². The number of nitrogens with two attached hydrogens (primary N) is 1. The van der Waals surface area contributed by atoms with Crippen molar-refractivity contribution in [2.75, 3.05) is 20.1 Å². The molecule has 0 aromatic carbocycles. The molecule has 0 bridgehead atoms. The summed E-state index contributed by atoms with van der Waals surface area (Å²) in [6, 6.07) is -0.419. The van der Waals surface area contributed by atoms with Gasteiger partial charge >= 0.3 is 0 Å². The number of likely N-dealkylation sites (tertiary alicyclic amines) is 1. The maximum atomic E-state index is 12.1. The summed E-state index contributed by atoms with van der Waals surface area (Å²) >= 11 is 0. The summed E-state index contributed by atoms with van der Waals surface area (Å²) < 4.78 is 0. The molecular formula is C13H25N3O2. The van der Waals surface area contributed by atoms with Crippen LogP contribution in [0.4, 0.5) is 0 Å². The van der Waals surface area contributed by atoms with Crippen LogP contribution in [0.15, 0.2) is 0 Å². The normalized spacial score (nSPS) is 25.0. The van der Waals surface area contributed by atoms with E-state index in [-0.39, 0.29) is 11.8 Å². The fourth-order valence-electron chi connectivity index (χ4n) is 2.42. The van der Waals surface area contributed by atoms with Crippen LogP contribution >= 0.6 is 0 Å². The predicted molar refractivity (Wildman–Crippen MR) is 70.9 cm³/mol. The fraction of sp³-hybridized carbons (Fsp3) is 0.846. The molecule has 1 rings (SSSR count). The Kier molecular flexibility index (Phi) is 5.14. The van der Waals surface area contributed by atoms with Crippen molar-refractivity contribution in [2.24, 2.45) is 11.1 Å². The van der Waals surface area contributed by atoms with Crippen LogP contribution < -0.4 is 11.1 Å². The molecular weight excluding hydrogens is 230 g/mol. The molecule has 18 heavy (non-hydrogen) atoms. The third kappa shape index (κ3) is 3.22. The van der Waals surface area contributed by atoms with E-state index in [4.69, 9.17) is 5.73 Å². The zero-order valence-corrected chi connectivity index (χ0v) is 11.7. The lowest BCUT2D eigenvalue weighted by Crippen LogP contribution is -2.45. The molecule has 0 aromatic heterocycles. The molecule has 2 atom stereocenters. The third-order valence-electron chi connectivity index (χ3n) is 3.75. The van der Waals surface area contributed by atoms with Crippen molar-refractivity contribution in [3.63, 3.8) is 0 Å². The number of hydrogen-bond acceptors (Lipinski definition) is 3. The maximum absolute atomic E-state index is 12.1. The monoisotopic (exact) mass is 255 g/mol. The van der Waals surface area contributed by atoms with Crippen LogP contribution in [0.5, 0.6) is 0 Å². The topological polar surface area (TPSA) is 75.4 Å². The number of nitrogens with one attached hydrogen (secondary N) is 1. The smallest absolute Gasteiger partial charge is 0.239 e. The van der Waals surface area contributed by atoms with E-state index in [9.17, 15) is 9.59 Å². The Balaban J connectivity index is 2.55. The van der Waals surface area contributed by atoms with Crippen molar-refractivity contribution in [3.8, 4) is 0 Å². The Hall–Kier alpha value is -1.10. The van der Waals surface area contributed by atoms with Gasteiger partial charge in [0.05, 0.1) is 11.5 Å². The lowest BCUT2D eigenvalue weighted by Gasteiger charge is -2.24. The van der Waals surface area contributed by atoms with Gasteiger partial charge in [-0.1, -0.05) is 19.8 Å². The molecule has 1 saturated heterocycles. The molecule has 1 fully saturated rings. The largest absolute Gasteiger partial charge is 0.359 e. The standard InChI is InChI=1S/C13H25N3O2/c1-4-5-6-10(14)11(17)16-8-7-13(2,9-16)12(18)15-3/h10H,4-9,14H2,1-3H3,(H,15,18). The van der Waals surface area contributed by atoms with Gasteiger partial charge in [0.15, 0.2) is 0 Å². The second-order valence-corrected chi connectivity index (χ2v) is 5.40. The van der Waals surface area contributed by atoms with Crippen molar-refractivity contribution in [3.05, 3.63) is 0 Å². The van der Waals surface area contributed by atoms with E-state index in [1.807, 2.05) is 6.92 Å². The Morgan fingerprint density at radius 3 is 2.72 bits per heavy atom. The van der Waals surface area contributed by atoms with Crippen LogP contribution in [0.2, 0.25) is 0 Å². The van der Waals surface area contributed by atoms with Gasteiger partial charge in [-0.2, -0.15) is 0 Å². The minimum Gasteiger partial charge on any atom is -0.359 e. The summed E-state index contributed by atoms with van der Waals surface area (Å²) in [5, 5.41) is 2.66. The van der Waals surface area contributed by atoms with Crippen molar-refractivity contribution >= 4 is 11.8 Å². The first-order chi connectivity index (χ1) is 8.44. The third-order valence-corrected chi connectivity index (χ3v) is 3.75. The van der Waals surface area contributed by atoms with E-state index in [1.165, 1.54) is 0 Å². The highest BCUT2D eigenvalue weighted by Crippen LogP contribution is 2.30. The minimum atomic E-state index is -0.463. The number of hydrogen-bond donors (Lipinski definition) is 2. The Bertz CT molecular complexity index is 319. The molecule has 0 saturated carbocycles. The molecule has 0 aliphatic carbocycles. The van der Waals surface area contributed by atoms with Gasteiger partial charge in [0.25, 0.3) is 0 Å². The molecule has 2 amide bonds. The van der Waals surface area contributed by atoms with Gasteiger partial charge in [0.2, 0.25) is 11.8 Å². The highest BCUT2D eigenvalue weighted by molar-refractivity contribution is 5.86. The van der Waals surface area contributed by atoms with Gasteiger partial charge in [0, 0.05) is 20.1 Å². The molecule has 1 aliphatic heterocycles. The van der Waals surface area contributed by atoms with Gasteiger partial charge in [0.1, 0.15) is 0 Å². The summed E-state index contributed by atoms with van der Waals surface area (Å²) in [5.74, 6) is -0.0176. The molecule has 3 N–H and O–H groups in total. The summed E-state index contributed by atoms with van der Waals surface area (Å²) in [6.07, 6.45) is 3.44. The molecule has 1 aliphatic rings. The van der Waals surface area contributed by atoms with Crippen LogP contribution in [0, 0.1) is 5.41 Å². The number of unbranched alkanes of at least 4 members (excludes halogenated alkanes) is 1. The summed E-state index contributed by atoms with van der Waals surface area (Å²) in [5.41, 5.74) is 5.43. The van der Waals surface area contributed by atoms with Crippen LogP contribution in [-0.2, 0) is 9.59 Å². The van der Waals surface area contributed by atoms with E-state index in [1.54, 1.807) is 11.9 Å². The average molecular weight is 255 g/mol. The zero-order chi connectivity index (χ0) is 13.8. The fourth-order valence-corrected chi connectivity index (χ4v) is 2.42. The van der Waals surface area contributed by atoms with E-state index < -0.39 is 11.5 Å². The van der Waals surface area contributed by atoms with E-state index in [2.05, 4.69) is 12.2 Å². The second-order valence-electron chi connectivity index (χ2n) is 5.40. The molecule has 1 heterocycles. The van der Waals surface area contributed by atoms with Gasteiger partial charge < -0.3 is 16.0 Å². The van der Waals surface area contributed by atoms with E-state index in [0.29, 0.717) is 19.5 Å². The molecule has 0 spiro atoms. The first-order valence-electron chi connectivity index (χ1n) is 6.71. The summed E-state index contributed by atoms with van der Waals surface area (Å²) in [6.45, 7) is 5.08. The van der Waals surface area contributed by atoms with Crippen molar-refractivity contribution in [1.29, 1.82) is 0 Å². The molecule has 5 heteroatoms. The van der Waals surface area contributed by atoms with Crippen molar-refractivity contribution in [1.82, 2.24) is 10.2 Å². The van der Waals surface area contributed by atoms with Crippen LogP contribution in [0.3, 0.4) is 0 Å². The SMILES string of the molecule is CCCCC(N)C(=O)N1CCC(C)(C(=O)NC)C1. The molecule has 104 valence electrons. The molecule has 0 aromatic rings. The minimum absolute atomic E-state index is 0.0000652. The Labute approximate surface area is 109 Å². The molecule has 2 unspecified atom stereocenters.